The second-order valence-corrected chi connectivity index (χ2v) is 10.7. The summed E-state index contributed by atoms with van der Waals surface area (Å²) in [6, 6.07) is 9.84. The smallest absolute Gasteiger partial charge is 0.271 e. The third kappa shape index (κ3) is 4.29. The van der Waals surface area contributed by atoms with Gasteiger partial charge in [-0.1, -0.05) is 19.3 Å². The van der Waals surface area contributed by atoms with Gasteiger partial charge in [-0.2, -0.15) is 0 Å². The summed E-state index contributed by atoms with van der Waals surface area (Å²) in [7, 11) is 3.27. The second kappa shape index (κ2) is 9.57. The highest BCUT2D eigenvalue weighted by Gasteiger charge is 2.48. The lowest BCUT2D eigenvalue weighted by atomic mass is 9.91. The Kier molecular flexibility index (Phi) is 6.49. The molecule has 1 aliphatic carbocycles. The number of amides is 2. The van der Waals surface area contributed by atoms with E-state index in [0.29, 0.717) is 25.2 Å². The van der Waals surface area contributed by atoms with Crippen molar-refractivity contribution in [2.75, 3.05) is 20.8 Å². The lowest BCUT2D eigenvalue weighted by molar-refractivity contribution is -0.133. The average Bonchev–Trinajstić information content (AvgIpc) is 3.47. The number of ether oxygens (including phenoxy) is 2. The van der Waals surface area contributed by atoms with Gasteiger partial charge < -0.3 is 24.3 Å². The van der Waals surface area contributed by atoms with Crippen molar-refractivity contribution < 1.29 is 19.1 Å². The number of rotatable bonds is 7. The minimum Gasteiger partial charge on any atom is -0.497 e. The van der Waals surface area contributed by atoms with Gasteiger partial charge in [-0.15, -0.1) is 11.3 Å². The van der Waals surface area contributed by atoms with Crippen LogP contribution in [0, 0.1) is 0 Å². The zero-order chi connectivity index (χ0) is 24.6. The Morgan fingerprint density at radius 3 is 2.69 bits per heavy atom. The Morgan fingerprint density at radius 2 is 1.94 bits per heavy atom. The highest BCUT2D eigenvalue weighted by Crippen LogP contribution is 2.35. The van der Waals surface area contributed by atoms with Gasteiger partial charge in [0.1, 0.15) is 22.7 Å². The van der Waals surface area contributed by atoms with Crippen molar-refractivity contribution in [3.05, 3.63) is 47.0 Å². The zero-order valence-electron chi connectivity index (χ0n) is 20.6. The van der Waals surface area contributed by atoms with Crippen molar-refractivity contribution in [2.24, 2.45) is 0 Å². The van der Waals surface area contributed by atoms with E-state index in [4.69, 9.17) is 9.47 Å². The summed E-state index contributed by atoms with van der Waals surface area (Å²) in [6.07, 6.45) is 6.04. The van der Waals surface area contributed by atoms with Crippen molar-refractivity contribution in [3.8, 4) is 11.5 Å². The molecule has 1 fully saturated rings. The monoisotopic (exact) mass is 495 g/mol. The molecule has 0 unspecified atom stereocenters. The Balaban J connectivity index is 1.48. The summed E-state index contributed by atoms with van der Waals surface area (Å²) in [5.74, 6) is 1.30. The predicted molar refractivity (Wildman–Crippen MR) is 138 cm³/mol. The molecule has 1 saturated carbocycles. The van der Waals surface area contributed by atoms with Crippen LogP contribution in [0.1, 0.15) is 55.1 Å². The van der Waals surface area contributed by atoms with Crippen LogP contribution in [0.3, 0.4) is 0 Å². The lowest BCUT2D eigenvalue weighted by Gasteiger charge is -2.45. The number of methoxy groups -OCH3 is 2. The SMILES string of the molecule is COc1ccc(OC)c(CCN2C(=O)c3cc4sccc4n3C[C@@]2(C)C(=O)NC2CCCCC2)c1. The summed E-state index contributed by atoms with van der Waals surface area (Å²) in [5, 5.41) is 5.33. The van der Waals surface area contributed by atoms with Crippen LogP contribution in [-0.4, -0.2) is 53.6 Å². The number of nitrogens with one attached hydrogen (secondary N) is 1. The second-order valence-electron chi connectivity index (χ2n) is 9.75. The molecule has 2 amide bonds. The topological polar surface area (TPSA) is 72.8 Å². The fraction of sp³-hybridized carbons (Fsp3) is 0.481. The molecule has 1 aliphatic heterocycles. The van der Waals surface area contributed by atoms with Crippen LogP contribution in [0.5, 0.6) is 11.5 Å². The van der Waals surface area contributed by atoms with Gasteiger partial charge in [-0.25, -0.2) is 0 Å². The predicted octanol–water partition coefficient (Wildman–Crippen LogP) is 4.63. The average molecular weight is 496 g/mol. The molecule has 8 heteroatoms. The normalized spacial score (nSPS) is 20.7. The molecule has 0 bridgehead atoms. The minimum absolute atomic E-state index is 0.0712. The van der Waals surface area contributed by atoms with E-state index in [2.05, 4.69) is 5.32 Å². The van der Waals surface area contributed by atoms with Crippen molar-refractivity contribution in [2.45, 2.75) is 63.6 Å². The van der Waals surface area contributed by atoms with E-state index >= 15 is 0 Å². The van der Waals surface area contributed by atoms with Gasteiger partial charge in [0.05, 0.1) is 31.0 Å². The quantitative estimate of drug-likeness (QED) is 0.519. The van der Waals surface area contributed by atoms with Crippen molar-refractivity contribution >= 4 is 33.4 Å². The fourth-order valence-corrected chi connectivity index (χ4v) is 6.34. The zero-order valence-corrected chi connectivity index (χ0v) is 21.5. The summed E-state index contributed by atoms with van der Waals surface area (Å²) < 4.78 is 14.1. The maximum Gasteiger partial charge on any atom is 0.271 e. The Labute approximate surface area is 210 Å². The molecule has 1 N–H and O–H groups in total. The maximum atomic E-state index is 13.9. The largest absolute Gasteiger partial charge is 0.497 e. The number of nitrogens with zero attached hydrogens (tertiary/aromatic N) is 2. The summed E-state index contributed by atoms with van der Waals surface area (Å²) >= 11 is 1.62. The molecule has 35 heavy (non-hydrogen) atoms. The van der Waals surface area contributed by atoms with E-state index < -0.39 is 5.54 Å². The molecule has 3 heterocycles. The van der Waals surface area contributed by atoms with E-state index in [1.54, 1.807) is 30.5 Å². The van der Waals surface area contributed by atoms with Gasteiger partial charge in [-0.3, -0.25) is 9.59 Å². The summed E-state index contributed by atoms with van der Waals surface area (Å²) in [4.78, 5) is 29.5. The molecule has 7 nitrogen and oxygen atoms in total. The van der Waals surface area contributed by atoms with Crippen molar-refractivity contribution in [1.29, 1.82) is 0 Å². The van der Waals surface area contributed by atoms with Crippen LogP contribution in [0.4, 0.5) is 0 Å². The molecule has 3 aromatic rings. The lowest BCUT2D eigenvalue weighted by Crippen LogP contribution is -2.65. The summed E-state index contributed by atoms with van der Waals surface area (Å²) in [5.41, 5.74) is 1.61. The molecule has 1 aromatic carbocycles. The third-order valence-corrected chi connectivity index (χ3v) is 8.42. The van der Waals surface area contributed by atoms with Crippen LogP contribution in [0.15, 0.2) is 35.7 Å². The van der Waals surface area contributed by atoms with Crippen LogP contribution in [-0.2, 0) is 17.8 Å². The summed E-state index contributed by atoms with van der Waals surface area (Å²) in [6.45, 7) is 2.74. The standard InChI is InChI=1S/C27H33N3O4S/c1-27(26(32)28-19-7-5-4-6-8-19)17-29-21-12-14-35-24(21)16-22(29)25(31)30(27)13-11-18-15-20(33-2)9-10-23(18)34-3/h9-10,12,14-16,19H,4-8,11,13,17H2,1-3H3,(H,28,32)/t27-/m0/s1. The minimum atomic E-state index is -0.998. The van der Waals surface area contributed by atoms with E-state index in [1.165, 1.54) is 6.42 Å². The first-order valence-electron chi connectivity index (χ1n) is 12.3. The Hall–Kier alpha value is -3.00. The molecule has 1 atom stereocenters. The van der Waals surface area contributed by atoms with Crippen molar-refractivity contribution in [1.82, 2.24) is 14.8 Å². The molecule has 2 aliphatic rings. The Bertz CT molecular complexity index is 1240. The highest BCUT2D eigenvalue weighted by atomic mass is 32.1. The van der Waals surface area contributed by atoms with Crippen LogP contribution >= 0.6 is 11.3 Å². The van der Waals surface area contributed by atoms with Crippen LogP contribution in [0.2, 0.25) is 0 Å². The van der Waals surface area contributed by atoms with Crippen LogP contribution in [0.25, 0.3) is 10.2 Å². The molecule has 0 radical (unpaired) electrons. The number of fused-ring (bicyclic) bond motifs is 3. The molecule has 186 valence electrons. The molecular weight excluding hydrogens is 462 g/mol. The molecule has 5 rings (SSSR count). The van der Waals surface area contributed by atoms with Gasteiger partial charge in [0.2, 0.25) is 5.91 Å². The fourth-order valence-electron chi connectivity index (χ4n) is 5.52. The first kappa shape index (κ1) is 23.7. The molecule has 0 saturated heterocycles. The van der Waals surface area contributed by atoms with Gasteiger partial charge in [-0.05, 0) is 67.5 Å². The van der Waals surface area contributed by atoms with E-state index in [1.807, 2.05) is 47.2 Å². The van der Waals surface area contributed by atoms with E-state index in [9.17, 15) is 9.59 Å². The number of benzene rings is 1. The molecule has 2 aromatic heterocycles. The van der Waals surface area contributed by atoms with Crippen molar-refractivity contribution in [3.63, 3.8) is 0 Å². The van der Waals surface area contributed by atoms with Gasteiger partial charge in [0, 0.05) is 12.6 Å². The first-order chi connectivity index (χ1) is 16.9. The van der Waals surface area contributed by atoms with E-state index in [-0.39, 0.29) is 17.9 Å². The number of hydrogen-bond donors (Lipinski definition) is 1. The van der Waals surface area contributed by atoms with Gasteiger partial charge in [0.15, 0.2) is 0 Å². The first-order valence-corrected chi connectivity index (χ1v) is 13.2. The third-order valence-electron chi connectivity index (χ3n) is 7.57. The Morgan fingerprint density at radius 1 is 1.14 bits per heavy atom. The van der Waals surface area contributed by atoms with Crippen LogP contribution < -0.4 is 14.8 Å². The number of aromatic nitrogens is 1. The number of carbonyl (C=O) groups is 2. The number of thiophene rings is 1. The van der Waals surface area contributed by atoms with Gasteiger partial charge in [0.25, 0.3) is 5.91 Å². The van der Waals surface area contributed by atoms with E-state index in [0.717, 1.165) is 53.0 Å². The maximum absolute atomic E-state index is 13.9. The number of carbonyl (C=O) groups excluding carboxylic acids is 2. The number of hydrogen-bond acceptors (Lipinski definition) is 5. The highest BCUT2D eigenvalue weighted by molar-refractivity contribution is 7.17. The molecule has 0 spiro atoms. The molecular formula is C27H33N3O4S. The van der Waals surface area contributed by atoms with Gasteiger partial charge >= 0.3 is 0 Å².